The van der Waals surface area contributed by atoms with Crippen LogP contribution in [0.25, 0.3) is 22.6 Å². The topological polar surface area (TPSA) is 140 Å². The van der Waals surface area contributed by atoms with Gasteiger partial charge in [0.2, 0.25) is 5.88 Å². The summed E-state index contributed by atoms with van der Waals surface area (Å²) in [5.74, 6) is 0.292. The van der Waals surface area contributed by atoms with E-state index in [-0.39, 0.29) is 0 Å². The van der Waals surface area contributed by atoms with Crippen LogP contribution in [-0.4, -0.2) is 45.1 Å². The van der Waals surface area contributed by atoms with Crippen molar-refractivity contribution in [3.05, 3.63) is 73.2 Å². The number of anilines is 1. The number of pyridine rings is 2. The van der Waals surface area contributed by atoms with Crippen LogP contribution < -0.4 is 20.3 Å². The van der Waals surface area contributed by atoms with Gasteiger partial charge in [0.15, 0.2) is 11.3 Å². The molecule has 0 unspecified atom stereocenters. The van der Waals surface area contributed by atoms with Gasteiger partial charge in [-0.25, -0.2) is 9.78 Å². The number of imide groups is 2. The fraction of sp³-hybridized carbons (Fsp3) is 0.154. The van der Waals surface area contributed by atoms with Crippen molar-refractivity contribution in [1.29, 1.82) is 0 Å². The Kier molecular flexibility index (Phi) is 5.37. The van der Waals surface area contributed by atoms with E-state index < -0.39 is 23.4 Å². The van der Waals surface area contributed by atoms with Crippen LogP contribution in [0.2, 0.25) is 0 Å². The highest BCUT2D eigenvalue weighted by Gasteiger charge is 2.57. The second-order valence-electron chi connectivity index (χ2n) is 8.65. The fourth-order valence-corrected chi connectivity index (χ4v) is 4.65. The van der Waals surface area contributed by atoms with E-state index in [9.17, 15) is 14.4 Å². The fourth-order valence-electron chi connectivity index (χ4n) is 4.65. The first kappa shape index (κ1) is 22.4. The summed E-state index contributed by atoms with van der Waals surface area (Å²) >= 11 is 0. The summed E-state index contributed by atoms with van der Waals surface area (Å²) < 4.78 is 11.3. The smallest absolute Gasteiger partial charge is 0.328 e. The quantitative estimate of drug-likeness (QED) is 0.398. The molecule has 11 heteroatoms. The van der Waals surface area contributed by atoms with Crippen molar-refractivity contribution in [2.24, 2.45) is 0 Å². The Morgan fingerprint density at radius 1 is 0.946 bits per heavy atom. The minimum absolute atomic E-state index is 0.303. The molecule has 0 saturated carbocycles. The standard InChI is InChI=1S/C26H20N6O5/c33-23-26(24(34)30-25(35)29-23)10-2-12-32(26)18-6-9-22(28-15-18)36-19-7-4-16(5-8-19)20-13-21(37-31-20)17-3-1-11-27-14-17/h1,3-9,11,13-15H,2,10,12H2,(H2,29,30,33,34,35). The average Bonchev–Trinajstić information content (AvgIpc) is 3.58. The molecule has 2 N–H and O–H groups in total. The Morgan fingerprint density at radius 2 is 1.76 bits per heavy atom. The summed E-state index contributed by atoms with van der Waals surface area (Å²) in [4.78, 5) is 46.9. The molecule has 0 aliphatic carbocycles. The lowest BCUT2D eigenvalue weighted by Gasteiger charge is -2.38. The molecule has 0 atom stereocenters. The van der Waals surface area contributed by atoms with Crippen LogP contribution in [0.4, 0.5) is 10.5 Å². The van der Waals surface area contributed by atoms with Gasteiger partial charge in [0.25, 0.3) is 11.8 Å². The molecule has 1 spiro atoms. The van der Waals surface area contributed by atoms with E-state index in [1.807, 2.05) is 30.3 Å². The van der Waals surface area contributed by atoms with Crippen LogP contribution in [-0.2, 0) is 9.59 Å². The first-order valence-electron chi connectivity index (χ1n) is 11.6. The predicted octanol–water partition coefficient (Wildman–Crippen LogP) is 3.30. The van der Waals surface area contributed by atoms with Crippen molar-refractivity contribution in [1.82, 2.24) is 25.8 Å². The van der Waals surface area contributed by atoms with Crippen LogP contribution >= 0.6 is 0 Å². The minimum Gasteiger partial charge on any atom is -0.439 e. The zero-order valence-corrected chi connectivity index (χ0v) is 19.4. The number of urea groups is 1. The molecule has 184 valence electrons. The van der Waals surface area contributed by atoms with E-state index in [2.05, 4.69) is 25.8 Å². The highest BCUT2D eigenvalue weighted by molar-refractivity contribution is 6.24. The number of hydrogen-bond donors (Lipinski definition) is 2. The number of rotatable bonds is 5. The highest BCUT2D eigenvalue weighted by Crippen LogP contribution is 2.36. The molecule has 5 heterocycles. The number of barbiturate groups is 1. The van der Waals surface area contributed by atoms with E-state index in [1.54, 1.807) is 47.8 Å². The number of carbonyl (C=O) groups excluding carboxylic acids is 3. The van der Waals surface area contributed by atoms with Gasteiger partial charge < -0.3 is 14.2 Å². The number of amides is 4. The van der Waals surface area contributed by atoms with Crippen LogP contribution in [0.5, 0.6) is 11.6 Å². The number of nitrogens with zero attached hydrogens (tertiary/aromatic N) is 4. The molecular formula is C26H20N6O5. The summed E-state index contributed by atoms with van der Waals surface area (Å²) in [6.07, 6.45) is 5.88. The monoisotopic (exact) mass is 496 g/mol. The van der Waals surface area contributed by atoms with Crippen molar-refractivity contribution in [2.75, 3.05) is 11.4 Å². The van der Waals surface area contributed by atoms with Crippen LogP contribution in [0.1, 0.15) is 12.8 Å². The SMILES string of the molecule is O=C1NC(=O)C2(CCCN2c2ccc(Oc3ccc(-c4cc(-c5cccnc5)on4)cc3)nc2)C(=O)N1. The van der Waals surface area contributed by atoms with E-state index in [0.717, 1.165) is 11.1 Å². The molecule has 4 amide bonds. The lowest BCUT2D eigenvalue weighted by Crippen LogP contribution is -2.71. The first-order valence-corrected chi connectivity index (χ1v) is 11.6. The Bertz CT molecular complexity index is 1460. The Balaban J connectivity index is 1.16. The van der Waals surface area contributed by atoms with E-state index in [0.29, 0.717) is 48.2 Å². The summed E-state index contributed by atoms with van der Waals surface area (Å²) in [6.45, 7) is 0.475. The molecule has 2 saturated heterocycles. The third-order valence-corrected chi connectivity index (χ3v) is 6.45. The number of nitrogens with one attached hydrogen (secondary N) is 2. The molecule has 2 aliphatic rings. The second-order valence-corrected chi connectivity index (χ2v) is 8.65. The lowest BCUT2D eigenvalue weighted by molar-refractivity contribution is -0.137. The molecule has 37 heavy (non-hydrogen) atoms. The Hall–Kier alpha value is -5.06. The molecule has 2 fully saturated rings. The predicted molar refractivity (Wildman–Crippen MR) is 130 cm³/mol. The summed E-state index contributed by atoms with van der Waals surface area (Å²) in [5, 5.41) is 8.54. The van der Waals surface area contributed by atoms with Gasteiger partial charge in [-0.15, -0.1) is 0 Å². The molecule has 0 bridgehead atoms. The number of carbonyl (C=O) groups is 3. The largest absolute Gasteiger partial charge is 0.439 e. The molecule has 3 aromatic heterocycles. The van der Waals surface area contributed by atoms with Gasteiger partial charge in [0, 0.05) is 42.2 Å². The van der Waals surface area contributed by atoms with Gasteiger partial charge in [-0.05, 0) is 55.3 Å². The van der Waals surface area contributed by atoms with E-state index >= 15 is 0 Å². The van der Waals surface area contributed by atoms with Crippen LogP contribution in [0.15, 0.2) is 77.7 Å². The number of hydrogen-bond acceptors (Lipinski definition) is 9. The zero-order valence-electron chi connectivity index (χ0n) is 19.4. The third kappa shape index (κ3) is 3.96. The van der Waals surface area contributed by atoms with Crippen molar-refractivity contribution >= 4 is 23.5 Å². The second kappa shape index (κ2) is 8.86. The maximum Gasteiger partial charge on any atom is 0.328 e. The highest BCUT2D eigenvalue weighted by atomic mass is 16.5. The van der Waals surface area contributed by atoms with Crippen LogP contribution in [0, 0.1) is 0 Å². The molecule has 2 aliphatic heterocycles. The number of ether oxygens (including phenoxy) is 1. The Morgan fingerprint density at radius 3 is 2.46 bits per heavy atom. The molecule has 6 rings (SSSR count). The van der Waals surface area contributed by atoms with E-state index in [1.165, 1.54) is 0 Å². The Labute approximate surface area is 210 Å². The van der Waals surface area contributed by atoms with Gasteiger partial charge in [-0.1, -0.05) is 5.16 Å². The third-order valence-electron chi connectivity index (χ3n) is 6.45. The minimum atomic E-state index is -1.47. The van der Waals surface area contributed by atoms with Gasteiger partial charge in [0.1, 0.15) is 11.4 Å². The van der Waals surface area contributed by atoms with Crippen LogP contribution in [0.3, 0.4) is 0 Å². The summed E-state index contributed by atoms with van der Waals surface area (Å²) in [6, 6.07) is 15.5. The van der Waals surface area contributed by atoms with Gasteiger partial charge in [-0.3, -0.25) is 25.2 Å². The lowest BCUT2D eigenvalue weighted by atomic mass is 9.92. The zero-order chi connectivity index (χ0) is 25.4. The van der Waals surface area contributed by atoms with Crippen molar-refractivity contribution < 1.29 is 23.6 Å². The average molecular weight is 496 g/mol. The number of benzene rings is 1. The molecular weight excluding hydrogens is 476 g/mol. The van der Waals surface area contributed by atoms with Crippen molar-refractivity contribution in [3.8, 4) is 34.2 Å². The van der Waals surface area contributed by atoms with E-state index in [4.69, 9.17) is 9.26 Å². The molecule has 1 aromatic carbocycles. The molecule has 11 nitrogen and oxygen atoms in total. The maximum atomic E-state index is 12.6. The summed E-state index contributed by atoms with van der Waals surface area (Å²) in [7, 11) is 0. The summed E-state index contributed by atoms with van der Waals surface area (Å²) in [5.41, 5.74) is 1.50. The molecule has 0 radical (unpaired) electrons. The van der Waals surface area contributed by atoms with Gasteiger partial charge in [0.05, 0.1) is 11.9 Å². The van der Waals surface area contributed by atoms with Crippen molar-refractivity contribution in [3.63, 3.8) is 0 Å². The van der Waals surface area contributed by atoms with Gasteiger partial charge in [-0.2, -0.15) is 0 Å². The number of aromatic nitrogens is 3. The normalized spacial score (nSPS) is 16.5. The van der Waals surface area contributed by atoms with Crippen molar-refractivity contribution in [2.45, 2.75) is 18.4 Å². The molecule has 4 aromatic rings. The van der Waals surface area contributed by atoms with Gasteiger partial charge >= 0.3 is 6.03 Å². The first-order chi connectivity index (χ1) is 18.0. The maximum absolute atomic E-state index is 12.6.